The van der Waals surface area contributed by atoms with Crippen LogP contribution in [0.4, 0.5) is 4.79 Å². The Balaban J connectivity index is 1.04. The van der Waals surface area contributed by atoms with Crippen LogP contribution in [0.15, 0.2) is 48.5 Å². The minimum absolute atomic E-state index is 0.0283. The van der Waals surface area contributed by atoms with Gasteiger partial charge in [0.2, 0.25) is 5.91 Å². The molecule has 0 bridgehead atoms. The van der Waals surface area contributed by atoms with Gasteiger partial charge < -0.3 is 20.1 Å². The highest BCUT2D eigenvalue weighted by Crippen LogP contribution is 2.51. The Morgan fingerprint density at radius 1 is 1.03 bits per heavy atom. The van der Waals surface area contributed by atoms with Crippen molar-refractivity contribution in [2.45, 2.75) is 25.7 Å². The number of nitrogens with zero attached hydrogens (tertiary/aromatic N) is 1. The van der Waals surface area contributed by atoms with E-state index in [0.29, 0.717) is 32.5 Å². The third-order valence-corrected chi connectivity index (χ3v) is 7.62. The van der Waals surface area contributed by atoms with Gasteiger partial charge in [-0.1, -0.05) is 55.5 Å². The molecule has 0 spiro atoms. The second-order valence-electron chi connectivity index (χ2n) is 9.84. The van der Waals surface area contributed by atoms with Crippen LogP contribution in [-0.2, 0) is 14.3 Å². The predicted octanol–water partition coefficient (Wildman–Crippen LogP) is 3.73. The summed E-state index contributed by atoms with van der Waals surface area (Å²) in [6.07, 6.45) is 0.626. The number of carboxylic acids is 1. The molecule has 1 saturated carbocycles. The standard InChI is InChI=1S/C27H30N2O5/c1-16(10-11-24(30)29-13-21-22(14-29)25(21)26(31)32)12-28-27(33)34-15-23-19-8-4-2-6-17(19)18-7-3-5-9-20(18)23/h2-9,16,21-23,25H,10-15H2,1H3,(H,28,33)(H,31,32)/t16?,21-,22+,25?. The first-order valence-electron chi connectivity index (χ1n) is 12.0. The van der Waals surface area contributed by atoms with Crippen LogP contribution in [0.1, 0.15) is 36.8 Å². The number of aliphatic carboxylic acids is 1. The molecule has 1 aliphatic heterocycles. The van der Waals surface area contributed by atoms with Crippen LogP contribution in [-0.4, -0.2) is 54.2 Å². The highest BCUT2D eigenvalue weighted by Gasteiger charge is 2.60. The number of hydrogen-bond donors (Lipinski definition) is 2. The molecule has 0 aromatic heterocycles. The Labute approximate surface area is 199 Å². The van der Waals surface area contributed by atoms with Crippen molar-refractivity contribution < 1.29 is 24.2 Å². The molecule has 7 nitrogen and oxygen atoms in total. The molecule has 7 heteroatoms. The van der Waals surface area contributed by atoms with Gasteiger partial charge in [0.05, 0.1) is 5.92 Å². The molecular formula is C27H30N2O5. The topological polar surface area (TPSA) is 95.9 Å². The van der Waals surface area contributed by atoms with E-state index in [2.05, 4.69) is 29.6 Å². The zero-order valence-corrected chi connectivity index (χ0v) is 19.3. The number of ether oxygens (including phenoxy) is 1. The van der Waals surface area contributed by atoms with Crippen molar-refractivity contribution in [2.24, 2.45) is 23.7 Å². The van der Waals surface area contributed by atoms with Crippen LogP contribution in [0.3, 0.4) is 0 Å². The van der Waals surface area contributed by atoms with Crippen molar-refractivity contribution in [1.82, 2.24) is 10.2 Å². The number of nitrogens with one attached hydrogen (secondary N) is 1. The summed E-state index contributed by atoms with van der Waals surface area (Å²) < 4.78 is 5.57. The average molecular weight is 463 g/mol. The number of piperidine rings is 1. The SMILES string of the molecule is CC(CCC(=O)N1C[C@@H]2C(C(=O)O)[C@@H]2C1)CNC(=O)OCC1c2ccccc2-c2ccccc21. The molecule has 34 heavy (non-hydrogen) atoms. The summed E-state index contributed by atoms with van der Waals surface area (Å²) >= 11 is 0. The first-order chi connectivity index (χ1) is 16.4. The number of amides is 2. The molecule has 2 aromatic rings. The molecule has 4 atom stereocenters. The van der Waals surface area contributed by atoms with Gasteiger partial charge in [0.15, 0.2) is 0 Å². The summed E-state index contributed by atoms with van der Waals surface area (Å²) in [5, 5.41) is 11.9. The smallest absolute Gasteiger partial charge is 0.407 e. The molecular weight excluding hydrogens is 432 g/mol. The maximum Gasteiger partial charge on any atom is 0.407 e. The first kappa shape index (κ1) is 22.4. The Hall–Kier alpha value is -3.35. The van der Waals surface area contributed by atoms with E-state index >= 15 is 0 Å². The molecule has 2 fully saturated rings. The lowest BCUT2D eigenvalue weighted by Crippen LogP contribution is -2.33. The van der Waals surface area contributed by atoms with Crippen molar-refractivity contribution in [2.75, 3.05) is 26.2 Å². The minimum Gasteiger partial charge on any atom is -0.481 e. The molecule has 2 aromatic carbocycles. The molecule has 2 N–H and O–H groups in total. The fraction of sp³-hybridized carbons (Fsp3) is 0.444. The van der Waals surface area contributed by atoms with Gasteiger partial charge in [-0.3, -0.25) is 9.59 Å². The summed E-state index contributed by atoms with van der Waals surface area (Å²) in [5.41, 5.74) is 4.74. The highest BCUT2D eigenvalue weighted by atomic mass is 16.5. The molecule has 178 valence electrons. The number of hydrogen-bond acceptors (Lipinski definition) is 4. The van der Waals surface area contributed by atoms with Crippen molar-refractivity contribution in [1.29, 1.82) is 0 Å². The number of carboxylic acid groups (broad SMARTS) is 1. The van der Waals surface area contributed by atoms with Gasteiger partial charge in [0, 0.05) is 32.0 Å². The van der Waals surface area contributed by atoms with Crippen molar-refractivity contribution >= 4 is 18.0 Å². The van der Waals surface area contributed by atoms with Gasteiger partial charge in [-0.2, -0.15) is 0 Å². The summed E-state index contributed by atoms with van der Waals surface area (Å²) in [5.74, 6) is -0.499. The lowest BCUT2D eigenvalue weighted by Gasteiger charge is -2.20. The largest absolute Gasteiger partial charge is 0.481 e. The molecule has 2 amide bonds. The van der Waals surface area contributed by atoms with E-state index in [1.807, 2.05) is 31.2 Å². The number of fused-ring (bicyclic) bond motifs is 4. The molecule has 2 unspecified atom stereocenters. The van der Waals surface area contributed by atoms with E-state index in [9.17, 15) is 14.4 Å². The number of alkyl carbamates (subject to hydrolysis) is 1. The van der Waals surface area contributed by atoms with Crippen LogP contribution in [0, 0.1) is 23.7 Å². The van der Waals surface area contributed by atoms with Crippen LogP contribution in [0.2, 0.25) is 0 Å². The predicted molar refractivity (Wildman–Crippen MR) is 126 cm³/mol. The zero-order chi connectivity index (χ0) is 23.8. The lowest BCUT2D eigenvalue weighted by molar-refractivity contribution is -0.141. The number of rotatable bonds is 8. The molecule has 2 aliphatic carbocycles. The number of carbonyl (C=O) groups is 3. The average Bonchev–Trinajstić information content (AvgIpc) is 3.20. The van der Waals surface area contributed by atoms with Gasteiger partial charge in [-0.15, -0.1) is 0 Å². The summed E-state index contributed by atoms with van der Waals surface area (Å²) in [4.78, 5) is 37.7. The molecule has 0 radical (unpaired) electrons. The Bertz CT molecular complexity index is 1060. The molecule has 3 aliphatic rings. The Morgan fingerprint density at radius 2 is 1.62 bits per heavy atom. The Morgan fingerprint density at radius 3 is 2.21 bits per heavy atom. The van der Waals surface area contributed by atoms with Gasteiger partial charge >= 0.3 is 12.1 Å². The van der Waals surface area contributed by atoms with E-state index in [1.54, 1.807) is 4.90 Å². The van der Waals surface area contributed by atoms with E-state index < -0.39 is 12.1 Å². The maximum atomic E-state index is 12.4. The van der Waals surface area contributed by atoms with Crippen molar-refractivity contribution in [3.05, 3.63) is 59.7 Å². The van der Waals surface area contributed by atoms with Crippen LogP contribution >= 0.6 is 0 Å². The zero-order valence-electron chi connectivity index (χ0n) is 19.3. The van der Waals surface area contributed by atoms with Gasteiger partial charge in [-0.25, -0.2) is 4.79 Å². The second-order valence-corrected chi connectivity index (χ2v) is 9.84. The lowest BCUT2D eigenvalue weighted by atomic mass is 9.98. The molecule has 1 heterocycles. The highest BCUT2D eigenvalue weighted by molar-refractivity contribution is 5.80. The van der Waals surface area contributed by atoms with Crippen LogP contribution < -0.4 is 5.32 Å². The number of likely N-dealkylation sites (tertiary alicyclic amines) is 1. The number of benzene rings is 2. The van der Waals surface area contributed by atoms with Gasteiger partial charge in [-0.05, 0) is 46.4 Å². The number of carbonyl (C=O) groups excluding carboxylic acids is 2. The van der Waals surface area contributed by atoms with E-state index in [4.69, 9.17) is 9.84 Å². The van der Waals surface area contributed by atoms with Gasteiger partial charge in [0.1, 0.15) is 6.61 Å². The minimum atomic E-state index is -0.741. The van der Waals surface area contributed by atoms with E-state index in [1.165, 1.54) is 22.3 Å². The fourth-order valence-electron chi connectivity index (χ4n) is 5.63. The van der Waals surface area contributed by atoms with E-state index in [0.717, 1.165) is 0 Å². The maximum absolute atomic E-state index is 12.4. The first-order valence-corrected chi connectivity index (χ1v) is 12.0. The van der Waals surface area contributed by atoms with Crippen molar-refractivity contribution in [3.8, 4) is 11.1 Å². The monoisotopic (exact) mass is 462 g/mol. The molecule has 5 rings (SSSR count). The summed E-state index contributed by atoms with van der Waals surface area (Å²) in [6, 6.07) is 16.5. The normalized spacial score (nSPS) is 23.0. The third kappa shape index (κ3) is 4.27. The Kier molecular flexibility index (Phi) is 6.02. The van der Waals surface area contributed by atoms with Crippen LogP contribution in [0.25, 0.3) is 11.1 Å². The van der Waals surface area contributed by atoms with E-state index in [-0.39, 0.29) is 42.1 Å². The van der Waals surface area contributed by atoms with Crippen LogP contribution in [0.5, 0.6) is 0 Å². The second kappa shape index (κ2) is 9.12. The quantitative estimate of drug-likeness (QED) is 0.623. The summed E-state index contributed by atoms with van der Waals surface area (Å²) in [6.45, 7) is 3.84. The summed E-state index contributed by atoms with van der Waals surface area (Å²) in [7, 11) is 0. The van der Waals surface area contributed by atoms with Crippen molar-refractivity contribution in [3.63, 3.8) is 0 Å². The fourth-order valence-corrected chi connectivity index (χ4v) is 5.63. The van der Waals surface area contributed by atoms with Gasteiger partial charge in [0.25, 0.3) is 0 Å². The molecule has 1 saturated heterocycles. The third-order valence-electron chi connectivity index (χ3n) is 7.62.